The summed E-state index contributed by atoms with van der Waals surface area (Å²) in [6.45, 7) is 5.83. The van der Waals surface area contributed by atoms with E-state index in [-0.39, 0.29) is 0 Å². The lowest BCUT2D eigenvalue weighted by atomic mass is 9.93. The summed E-state index contributed by atoms with van der Waals surface area (Å²) in [6, 6.07) is 0. The normalized spacial score (nSPS) is 13.3. The smallest absolute Gasteiger partial charge is 0.000356 e. The quantitative estimate of drug-likeness (QED) is 0.0548. The summed E-state index contributed by atoms with van der Waals surface area (Å²) in [4.78, 5) is 2.42. The number of hydrogen-bond donors (Lipinski definition) is 0. The van der Waals surface area contributed by atoms with E-state index in [9.17, 15) is 0 Å². The molecule has 0 aromatic carbocycles. The first-order chi connectivity index (χ1) is 20.7. The summed E-state index contributed by atoms with van der Waals surface area (Å²) in [6.07, 6.45) is 55.7. The summed E-state index contributed by atoms with van der Waals surface area (Å²) in [5.74, 6) is 0.906. The first-order valence-electron chi connectivity index (χ1n) is 18.9. The van der Waals surface area contributed by atoms with E-state index < -0.39 is 0 Å². The lowest BCUT2D eigenvalue weighted by molar-refractivity contribution is 0.286. The molecule has 0 fully saturated rings. The van der Waals surface area contributed by atoms with Gasteiger partial charge in [0.05, 0.1) is 0 Å². The number of unbranched alkanes of at least 4 members (excludes halogenated alkanes) is 19. The van der Waals surface area contributed by atoms with Gasteiger partial charge in [0.25, 0.3) is 0 Å². The van der Waals surface area contributed by atoms with Gasteiger partial charge in [-0.2, -0.15) is 0 Å². The Morgan fingerprint density at radius 3 is 1.02 bits per heavy atom. The van der Waals surface area contributed by atoms with E-state index in [4.69, 9.17) is 0 Å². The van der Waals surface area contributed by atoms with Gasteiger partial charge in [-0.05, 0) is 97.1 Å². The Bertz CT molecular complexity index is 610. The van der Waals surface area contributed by atoms with Gasteiger partial charge in [-0.3, -0.25) is 0 Å². The lowest BCUT2D eigenvalue weighted by Crippen LogP contribution is -2.21. The number of hydrogen-bond acceptors (Lipinski definition) is 1. The Hall–Kier alpha value is -1.08. The van der Waals surface area contributed by atoms with Crippen LogP contribution in [0.25, 0.3) is 0 Å². The zero-order valence-corrected chi connectivity index (χ0v) is 29.4. The highest BCUT2D eigenvalue weighted by Gasteiger charge is 2.09. The fourth-order valence-electron chi connectivity index (χ4n) is 5.86. The highest BCUT2D eigenvalue weighted by Crippen LogP contribution is 2.20. The van der Waals surface area contributed by atoms with Crippen LogP contribution < -0.4 is 0 Å². The van der Waals surface area contributed by atoms with Crippen molar-refractivity contribution in [1.29, 1.82) is 0 Å². The molecule has 0 bridgehead atoms. The molecule has 42 heavy (non-hydrogen) atoms. The van der Waals surface area contributed by atoms with Crippen LogP contribution in [0.15, 0.2) is 48.6 Å². The molecule has 0 aliphatic rings. The second kappa shape index (κ2) is 36.1. The third-order valence-corrected chi connectivity index (χ3v) is 8.50. The minimum absolute atomic E-state index is 0.906. The molecular formula is C41H77N. The predicted octanol–water partition coefficient (Wildman–Crippen LogP) is 14.0. The minimum Gasteiger partial charge on any atom is -0.309 e. The largest absolute Gasteiger partial charge is 0.309 e. The van der Waals surface area contributed by atoms with Crippen LogP contribution in [0.1, 0.15) is 187 Å². The first-order valence-corrected chi connectivity index (χ1v) is 18.9. The average molecular weight is 584 g/mol. The van der Waals surface area contributed by atoms with E-state index in [1.54, 1.807) is 0 Å². The van der Waals surface area contributed by atoms with E-state index in [0.717, 1.165) is 18.8 Å². The zero-order chi connectivity index (χ0) is 30.6. The Balaban J connectivity index is 3.60. The van der Waals surface area contributed by atoms with Crippen LogP contribution in [-0.4, -0.2) is 25.5 Å². The second-order valence-corrected chi connectivity index (χ2v) is 13.2. The predicted molar refractivity (Wildman–Crippen MR) is 195 cm³/mol. The zero-order valence-electron chi connectivity index (χ0n) is 29.4. The molecule has 0 rings (SSSR count). The summed E-state index contributed by atoms with van der Waals surface area (Å²) >= 11 is 0. The topological polar surface area (TPSA) is 3.24 Å². The van der Waals surface area contributed by atoms with Crippen molar-refractivity contribution in [3.63, 3.8) is 0 Å². The van der Waals surface area contributed by atoms with Crippen molar-refractivity contribution in [2.75, 3.05) is 20.6 Å². The van der Waals surface area contributed by atoms with Crippen LogP contribution in [0.4, 0.5) is 0 Å². The first kappa shape index (κ1) is 40.9. The third-order valence-electron chi connectivity index (χ3n) is 8.50. The molecule has 246 valence electrons. The second-order valence-electron chi connectivity index (χ2n) is 13.2. The van der Waals surface area contributed by atoms with Crippen molar-refractivity contribution in [3.05, 3.63) is 48.6 Å². The van der Waals surface area contributed by atoms with Crippen LogP contribution >= 0.6 is 0 Å². The molecule has 0 N–H and O–H groups in total. The highest BCUT2D eigenvalue weighted by molar-refractivity contribution is 4.93. The number of allylic oxidation sites excluding steroid dienone is 8. The molecule has 0 aliphatic heterocycles. The van der Waals surface area contributed by atoms with Gasteiger partial charge in [0.2, 0.25) is 0 Å². The SMILES string of the molecule is CCCCCC=CCC=CCCCCCCCCCC(CCCCCCCCC=CCC=CCCCCC)CN(C)C. The van der Waals surface area contributed by atoms with Crippen LogP contribution in [0.3, 0.4) is 0 Å². The molecule has 0 radical (unpaired) electrons. The van der Waals surface area contributed by atoms with Gasteiger partial charge in [0.15, 0.2) is 0 Å². The Kier molecular flexibility index (Phi) is 35.2. The van der Waals surface area contributed by atoms with Crippen LogP contribution in [0, 0.1) is 5.92 Å². The molecule has 0 aromatic rings. The molecule has 0 spiro atoms. The van der Waals surface area contributed by atoms with E-state index in [0.29, 0.717) is 0 Å². The van der Waals surface area contributed by atoms with E-state index in [1.807, 2.05) is 0 Å². The highest BCUT2D eigenvalue weighted by atomic mass is 15.1. The van der Waals surface area contributed by atoms with Gasteiger partial charge in [-0.1, -0.05) is 159 Å². The molecule has 1 heteroatoms. The van der Waals surface area contributed by atoms with Gasteiger partial charge >= 0.3 is 0 Å². The fraction of sp³-hybridized carbons (Fsp3) is 0.805. The summed E-state index contributed by atoms with van der Waals surface area (Å²) in [5.41, 5.74) is 0. The van der Waals surface area contributed by atoms with Crippen molar-refractivity contribution in [3.8, 4) is 0 Å². The molecule has 0 saturated carbocycles. The maximum absolute atomic E-state index is 2.42. The molecule has 0 saturated heterocycles. The summed E-state index contributed by atoms with van der Waals surface area (Å²) < 4.78 is 0. The van der Waals surface area contributed by atoms with Gasteiger partial charge in [0.1, 0.15) is 0 Å². The van der Waals surface area contributed by atoms with Crippen molar-refractivity contribution in [2.24, 2.45) is 5.92 Å². The van der Waals surface area contributed by atoms with E-state index >= 15 is 0 Å². The summed E-state index contributed by atoms with van der Waals surface area (Å²) in [5, 5.41) is 0. The molecule has 1 unspecified atom stereocenters. The van der Waals surface area contributed by atoms with Crippen LogP contribution in [0.5, 0.6) is 0 Å². The number of rotatable bonds is 33. The van der Waals surface area contributed by atoms with Crippen molar-refractivity contribution < 1.29 is 0 Å². The van der Waals surface area contributed by atoms with Crippen molar-refractivity contribution in [2.45, 2.75) is 187 Å². The van der Waals surface area contributed by atoms with Gasteiger partial charge in [-0.15, -0.1) is 0 Å². The third kappa shape index (κ3) is 35.1. The molecule has 0 aromatic heterocycles. The minimum atomic E-state index is 0.906. The Labute approximate surface area is 266 Å². The van der Waals surface area contributed by atoms with Gasteiger partial charge in [-0.25, -0.2) is 0 Å². The molecule has 1 nitrogen and oxygen atoms in total. The Morgan fingerprint density at radius 2 is 0.690 bits per heavy atom. The molecular weight excluding hydrogens is 506 g/mol. The van der Waals surface area contributed by atoms with Crippen LogP contribution in [-0.2, 0) is 0 Å². The standard InChI is InChI=1S/C41H77N/c1-5-7-9-11-13-15-17-19-21-23-25-27-29-31-33-35-37-39-41(40-42(3)4)38-36-34-32-30-28-26-24-22-20-18-16-14-12-10-8-6-2/h13-16,19-22,41H,5-12,17-18,23-40H2,1-4H3. The number of nitrogens with zero attached hydrogens (tertiary/aromatic N) is 1. The van der Waals surface area contributed by atoms with Crippen molar-refractivity contribution in [1.82, 2.24) is 4.90 Å². The van der Waals surface area contributed by atoms with E-state index in [2.05, 4.69) is 81.5 Å². The molecule has 0 amide bonds. The lowest BCUT2D eigenvalue weighted by Gasteiger charge is -2.21. The maximum atomic E-state index is 2.42. The summed E-state index contributed by atoms with van der Waals surface area (Å²) in [7, 11) is 4.51. The molecule has 1 atom stereocenters. The van der Waals surface area contributed by atoms with Gasteiger partial charge in [0, 0.05) is 6.54 Å². The fourth-order valence-corrected chi connectivity index (χ4v) is 5.86. The molecule has 0 heterocycles. The molecule has 0 aliphatic carbocycles. The van der Waals surface area contributed by atoms with E-state index in [1.165, 1.54) is 167 Å². The monoisotopic (exact) mass is 584 g/mol. The Morgan fingerprint density at radius 1 is 0.381 bits per heavy atom. The van der Waals surface area contributed by atoms with Gasteiger partial charge < -0.3 is 4.90 Å². The van der Waals surface area contributed by atoms with Crippen molar-refractivity contribution >= 4 is 0 Å². The average Bonchev–Trinajstić information content (AvgIpc) is 2.98. The van der Waals surface area contributed by atoms with Crippen LogP contribution in [0.2, 0.25) is 0 Å². The maximum Gasteiger partial charge on any atom is 0.000356 e.